The quantitative estimate of drug-likeness (QED) is 0.752. The molecule has 0 spiro atoms. The topological polar surface area (TPSA) is 21.3 Å². The van der Waals surface area contributed by atoms with E-state index in [1.165, 1.54) is 0 Å². The summed E-state index contributed by atoms with van der Waals surface area (Å²) in [5.41, 5.74) is 1.02. The van der Waals surface area contributed by atoms with Crippen molar-refractivity contribution in [3.8, 4) is 18.1 Å². The number of ether oxygens (including phenoxy) is 1. The average Bonchev–Trinajstić information content (AvgIpc) is 2.35. The molecule has 18 heavy (non-hydrogen) atoms. The zero-order valence-electron chi connectivity index (χ0n) is 10.3. The lowest BCUT2D eigenvalue weighted by atomic mass is 10.0. The molecule has 1 aromatic carbocycles. The highest BCUT2D eigenvalue weighted by Crippen LogP contribution is 2.22. The van der Waals surface area contributed by atoms with E-state index in [0.29, 0.717) is 6.42 Å². The van der Waals surface area contributed by atoms with Crippen LogP contribution in [0.5, 0.6) is 5.75 Å². The van der Waals surface area contributed by atoms with Gasteiger partial charge in [0.15, 0.2) is 0 Å². The van der Waals surface area contributed by atoms with Gasteiger partial charge in [-0.2, -0.15) is 8.78 Å². The van der Waals surface area contributed by atoms with E-state index in [-0.39, 0.29) is 11.8 Å². The van der Waals surface area contributed by atoms with Crippen molar-refractivity contribution in [2.75, 3.05) is 6.54 Å². The molecule has 0 radical (unpaired) electrons. The van der Waals surface area contributed by atoms with Gasteiger partial charge in [0.2, 0.25) is 0 Å². The van der Waals surface area contributed by atoms with E-state index in [4.69, 9.17) is 6.42 Å². The fourth-order valence-electron chi connectivity index (χ4n) is 1.74. The Morgan fingerprint density at radius 1 is 1.33 bits per heavy atom. The molecule has 0 aliphatic carbocycles. The predicted molar refractivity (Wildman–Crippen MR) is 67.6 cm³/mol. The predicted octanol–water partition coefficient (Wildman–Crippen LogP) is 3.35. The van der Waals surface area contributed by atoms with Crippen molar-refractivity contribution in [3.05, 3.63) is 29.8 Å². The van der Waals surface area contributed by atoms with E-state index >= 15 is 0 Å². The SMILES string of the molecule is C#CCCC(NCC)c1ccc(OC(F)F)cc1. The molecule has 4 heteroatoms. The van der Waals surface area contributed by atoms with E-state index < -0.39 is 6.61 Å². The summed E-state index contributed by atoms with van der Waals surface area (Å²) in [6, 6.07) is 6.79. The van der Waals surface area contributed by atoms with Gasteiger partial charge in [0.05, 0.1) is 0 Å². The van der Waals surface area contributed by atoms with Crippen LogP contribution in [0.25, 0.3) is 0 Å². The molecule has 98 valence electrons. The summed E-state index contributed by atoms with van der Waals surface area (Å²) < 4.78 is 28.3. The molecule has 0 fully saturated rings. The number of terminal acetylenes is 1. The second kappa shape index (κ2) is 7.67. The molecule has 1 unspecified atom stereocenters. The van der Waals surface area contributed by atoms with Crippen LogP contribution in [0.2, 0.25) is 0 Å². The molecule has 1 aromatic rings. The standard InChI is InChI=1S/C14H17F2NO/c1-3-5-6-13(17-4-2)11-7-9-12(10-8-11)18-14(15)16/h1,7-10,13-14,17H,4-6H2,2H3. The Morgan fingerprint density at radius 2 is 2.00 bits per heavy atom. The van der Waals surface area contributed by atoms with Crippen LogP contribution in [0.1, 0.15) is 31.4 Å². The normalized spacial score (nSPS) is 12.2. The van der Waals surface area contributed by atoms with Crippen LogP contribution in [0.4, 0.5) is 8.78 Å². The number of halogens is 2. The molecule has 0 bridgehead atoms. The zero-order valence-corrected chi connectivity index (χ0v) is 10.3. The van der Waals surface area contributed by atoms with E-state index in [9.17, 15) is 8.78 Å². The summed E-state index contributed by atoms with van der Waals surface area (Å²) in [4.78, 5) is 0. The summed E-state index contributed by atoms with van der Waals surface area (Å²) in [5, 5.41) is 3.31. The fourth-order valence-corrected chi connectivity index (χ4v) is 1.74. The maximum absolute atomic E-state index is 12.0. The Bertz CT molecular complexity index is 384. The summed E-state index contributed by atoms with van der Waals surface area (Å²) in [6.07, 6.45) is 6.74. The van der Waals surface area contributed by atoms with Gasteiger partial charge in [0, 0.05) is 12.5 Å². The van der Waals surface area contributed by atoms with E-state index in [2.05, 4.69) is 16.0 Å². The van der Waals surface area contributed by atoms with Gasteiger partial charge < -0.3 is 10.1 Å². The first kappa shape index (κ1) is 14.5. The molecular weight excluding hydrogens is 236 g/mol. The maximum atomic E-state index is 12.0. The molecule has 0 amide bonds. The van der Waals surface area contributed by atoms with Crippen molar-refractivity contribution < 1.29 is 13.5 Å². The minimum absolute atomic E-state index is 0.145. The molecule has 0 aliphatic heterocycles. The molecule has 0 saturated carbocycles. The molecular formula is C14H17F2NO. The first-order chi connectivity index (χ1) is 8.67. The highest BCUT2D eigenvalue weighted by atomic mass is 19.3. The highest BCUT2D eigenvalue weighted by Gasteiger charge is 2.10. The molecule has 0 heterocycles. The Kier molecular flexibility index (Phi) is 6.16. The Morgan fingerprint density at radius 3 is 2.50 bits per heavy atom. The average molecular weight is 253 g/mol. The first-order valence-electron chi connectivity index (χ1n) is 5.89. The largest absolute Gasteiger partial charge is 0.435 e. The van der Waals surface area contributed by atoms with E-state index in [0.717, 1.165) is 18.5 Å². The van der Waals surface area contributed by atoms with Gasteiger partial charge in [-0.25, -0.2) is 0 Å². The van der Waals surface area contributed by atoms with Gasteiger partial charge in [0.25, 0.3) is 0 Å². The van der Waals surface area contributed by atoms with Crippen LogP contribution in [0.3, 0.4) is 0 Å². The van der Waals surface area contributed by atoms with E-state index in [1.807, 2.05) is 6.92 Å². The molecule has 0 saturated heterocycles. The van der Waals surface area contributed by atoms with Crippen LogP contribution in [-0.2, 0) is 0 Å². The van der Waals surface area contributed by atoms with Crippen molar-refractivity contribution in [2.45, 2.75) is 32.4 Å². The lowest BCUT2D eigenvalue weighted by Crippen LogP contribution is -2.20. The van der Waals surface area contributed by atoms with Crippen molar-refractivity contribution in [3.63, 3.8) is 0 Å². The second-order valence-corrected chi connectivity index (χ2v) is 3.80. The summed E-state index contributed by atoms with van der Waals surface area (Å²) >= 11 is 0. The zero-order chi connectivity index (χ0) is 13.4. The lowest BCUT2D eigenvalue weighted by Gasteiger charge is -2.17. The smallest absolute Gasteiger partial charge is 0.387 e. The molecule has 1 atom stereocenters. The number of hydrogen-bond donors (Lipinski definition) is 1. The van der Waals surface area contributed by atoms with Crippen molar-refractivity contribution >= 4 is 0 Å². The summed E-state index contributed by atoms with van der Waals surface area (Å²) in [5.74, 6) is 2.77. The highest BCUT2D eigenvalue weighted by molar-refractivity contribution is 5.29. The summed E-state index contributed by atoms with van der Waals surface area (Å²) in [6.45, 7) is 0.0450. The van der Waals surface area contributed by atoms with Crippen molar-refractivity contribution in [1.82, 2.24) is 5.32 Å². The lowest BCUT2D eigenvalue weighted by molar-refractivity contribution is -0.0498. The van der Waals surface area contributed by atoms with Crippen LogP contribution >= 0.6 is 0 Å². The van der Waals surface area contributed by atoms with Crippen molar-refractivity contribution in [1.29, 1.82) is 0 Å². The molecule has 0 aliphatic rings. The van der Waals surface area contributed by atoms with Gasteiger partial charge in [-0.3, -0.25) is 0 Å². The number of rotatable bonds is 7. The second-order valence-electron chi connectivity index (χ2n) is 3.80. The molecule has 2 nitrogen and oxygen atoms in total. The third-order valence-corrected chi connectivity index (χ3v) is 2.54. The minimum atomic E-state index is -2.79. The first-order valence-corrected chi connectivity index (χ1v) is 5.89. The number of nitrogens with one attached hydrogen (secondary N) is 1. The van der Waals surface area contributed by atoms with Gasteiger partial charge in [-0.05, 0) is 30.7 Å². The fraction of sp³-hybridized carbons (Fsp3) is 0.429. The molecule has 1 rings (SSSR count). The molecule has 1 N–H and O–H groups in total. The van der Waals surface area contributed by atoms with Gasteiger partial charge in [0.1, 0.15) is 5.75 Å². The van der Waals surface area contributed by atoms with Crippen molar-refractivity contribution in [2.24, 2.45) is 0 Å². The van der Waals surface area contributed by atoms with Crippen LogP contribution in [0, 0.1) is 12.3 Å². The Balaban J connectivity index is 2.70. The van der Waals surface area contributed by atoms with Gasteiger partial charge in [-0.1, -0.05) is 19.1 Å². The maximum Gasteiger partial charge on any atom is 0.387 e. The van der Waals surface area contributed by atoms with Crippen LogP contribution in [0.15, 0.2) is 24.3 Å². The number of alkyl halides is 2. The minimum Gasteiger partial charge on any atom is -0.435 e. The Labute approximate surface area is 106 Å². The monoisotopic (exact) mass is 253 g/mol. The Hall–Kier alpha value is -1.60. The number of benzene rings is 1. The third kappa shape index (κ3) is 4.72. The molecule has 0 aromatic heterocycles. The van der Waals surface area contributed by atoms with Crippen LogP contribution < -0.4 is 10.1 Å². The summed E-state index contributed by atoms with van der Waals surface area (Å²) in [7, 11) is 0. The van der Waals surface area contributed by atoms with E-state index in [1.54, 1.807) is 24.3 Å². The third-order valence-electron chi connectivity index (χ3n) is 2.54. The van der Waals surface area contributed by atoms with Crippen LogP contribution in [-0.4, -0.2) is 13.2 Å². The van der Waals surface area contributed by atoms with Gasteiger partial charge >= 0.3 is 6.61 Å². The van der Waals surface area contributed by atoms with Gasteiger partial charge in [-0.15, -0.1) is 12.3 Å². The number of hydrogen-bond acceptors (Lipinski definition) is 2.